The SMILES string of the molecule is CCOC(=O)C1CCN(c2nc(CCl)nc3oc4c(c23)CCCC4)CC1. The summed E-state index contributed by atoms with van der Waals surface area (Å²) >= 11 is 6.02. The summed E-state index contributed by atoms with van der Waals surface area (Å²) in [4.78, 5) is 23.5. The van der Waals surface area contributed by atoms with Crippen molar-refractivity contribution in [2.24, 2.45) is 5.92 Å². The number of furan rings is 1. The molecule has 0 amide bonds. The summed E-state index contributed by atoms with van der Waals surface area (Å²) in [7, 11) is 0. The van der Waals surface area contributed by atoms with Crippen molar-refractivity contribution in [1.82, 2.24) is 9.97 Å². The zero-order valence-electron chi connectivity index (χ0n) is 15.1. The second-order valence-corrected chi connectivity index (χ2v) is 7.27. The van der Waals surface area contributed by atoms with Gasteiger partial charge in [-0.3, -0.25) is 4.79 Å². The highest BCUT2D eigenvalue weighted by molar-refractivity contribution is 6.16. The lowest BCUT2D eigenvalue weighted by atomic mass is 9.95. The molecule has 3 heterocycles. The maximum atomic E-state index is 12.0. The number of carbonyl (C=O) groups is 1. The summed E-state index contributed by atoms with van der Waals surface area (Å²) in [5.41, 5.74) is 1.92. The predicted molar refractivity (Wildman–Crippen MR) is 99.6 cm³/mol. The lowest BCUT2D eigenvalue weighted by Crippen LogP contribution is -2.37. The monoisotopic (exact) mass is 377 g/mol. The van der Waals surface area contributed by atoms with Crippen LogP contribution in [0.3, 0.4) is 0 Å². The topological polar surface area (TPSA) is 68.5 Å². The lowest BCUT2D eigenvalue weighted by Gasteiger charge is -2.32. The average Bonchev–Trinajstić information content (AvgIpc) is 3.06. The fourth-order valence-electron chi connectivity index (χ4n) is 4.06. The van der Waals surface area contributed by atoms with Crippen LogP contribution in [0.25, 0.3) is 11.1 Å². The molecule has 0 aromatic carbocycles. The van der Waals surface area contributed by atoms with Gasteiger partial charge in [0.2, 0.25) is 5.71 Å². The van der Waals surface area contributed by atoms with Gasteiger partial charge in [0.15, 0.2) is 0 Å². The van der Waals surface area contributed by atoms with Crippen LogP contribution in [-0.4, -0.2) is 35.6 Å². The first-order chi connectivity index (χ1) is 12.7. The maximum Gasteiger partial charge on any atom is 0.309 e. The minimum atomic E-state index is -0.0814. The van der Waals surface area contributed by atoms with E-state index in [1.807, 2.05) is 6.92 Å². The molecule has 2 aromatic heterocycles. The number of rotatable bonds is 4. The number of nitrogens with zero attached hydrogens (tertiary/aromatic N) is 3. The normalized spacial score (nSPS) is 18.2. The Hall–Kier alpha value is -1.82. The Morgan fingerprint density at radius 2 is 2.04 bits per heavy atom. The highest BCUT2D eigenvalue weighted by Crippen LogP contribution is 2.37. The van der Waals surface area contributed by atoms with Crippen molar-refractivity contribution < 1.29 is 13.9 Å². The van der Waals surface area contributed by atoms with Crippen molar-refractivity contribution in [3.8, 4) is 0 Å². The number of hydrogen-bond acceptors (Lipinski definition) is 6. The third-order valence-electron chi connectivity index (χ3n) is 5.38. The number of carbonyl (C=O) groups excluding carboxylic acids is 1. The van der Waals surface area contributed by atoms with E-state index in [2.05, 4.69) is 9.88 Å². The van der Waals surface area contributed by atoms with Crippen molar-refractivity contribution in [3.63, 3.8) is 0 Å². The molecule has 26 heavy (non-hydrogen) atoms. The Morgan fingerprint density at radius 1 is 1.27 bits per heavy atom. The molecule has 140 valence electrons. The van der Waals surface area contributed by atoms with Crippen LogP contribution in [0.4, 0.5) is 5.82 Å². The summed E-state index contributed by atoms with van der Waals surface area (Å²) in [6.45, 7) is 3.83. The van der Waals surface area contributed by atoms with Crippen LogP contribution in [0.5, 0.6) is 0 Å². The van der Waals surface area contributed by atoms with Crippen LogP contribution < -0.4 is 4.90 Å². The van der Waals surface area contributed by atoms with Gasteiger partial charge in [-0.05, 0) is 39.0 Å². The van der Waals surface area contributed by atoms with Crippen molar-refractivity contribution in [3.05, 3.63) is 17.1 Å². The molecular weight excluding hydrogens is 354 g/mol. The van der Waals surface area contributed by atoms with Gasteiger partial charge in [-0.1, -0.05) is 0 Å². The number of ether oxygens (including phenoxy) is 1. The molecule has 0 spiro atoms. The predicted octanol–water partition coefficient (Wildman–Crippen LogP) is 3.62. The summed E-state index contributed by atoms with van der Waals surface area (Å²) in [5.74, 6) is 2.71. The first-order valence-corrected chi connectivity index (χ1v) is 10.0. The highest BCUT2D eigenvalue weighted by Gasteiger charge is 2.30. The van der Waals surface area contributed by atoms with E-state index in [-0.39, 0.29) is 17.8 Å². The smallest absolute Gasteiger partial charge is 0.309 e. The van der Waals surface area contributed by atoms with Crippen LogP contribution in [0.2, 0.25) is 0 Å². The van der Waals surface area contributed by atoms with E-state index in [0.717, 1.165) is 62.2 Å². The molecular formula is C19H24ClN3O3. The molecule has 0 unspecified atom stereocenters. The number of halogens is 1. The fraction of sp³-hybridized carbons (Fsp3) is 0.632. The molecule has 0 radical (unpaired) electrons. The third kappa shape index (κ3) is 3.15. The van der Waals surface area contributed by atoms with Crippen molar-refractivity contribution >= 4 is 34.5 Å². The van der Waals surface area contributed by atoms with Crippen LogP contribution in [0, 0.1) is 5.92 Å². The molecule has 1 aliphatic carbocycles. The van der Waals surface area contributed by atoms with Gasteiger partial charge in [-0.15, -0.1) is 11.6 Å². The second kappa shape index (κ2) is 7.43. The van der Waals surface area contributed by atoms with Crippen LogP contribution in [-0.2, 0) is 28.3 Å². The van der Waals surface area contributed by atoms with E-state index in [1.54, 1.807) is 0 Å². The molecule has 0 N–H and O–H groups in total. The largest absolute Gasteiger partial charge is 0.466 e. The number of aryl methyl sites for hydroxylation is 2. The van der Waals surface area contributed by atoms with Crippen LogP contribution in [0.1, 0.15) is 49.8 Å². The number of hydrogen-bond donors (Lipinski definition) is 0. The molecule has 4 rings (SSSR count). The van der Waals surface area contributed by atoms with Gasteiger partial charge >= 0.3 is 5.97 Å². The number of piperidine rings is 1. The standard InChI is InChI=1S/C19H24ClN3O3/c1-2-25-19(24)12-7-9-23(10-8-12)17-16-13-5-3-4-6-14(13)26-18(16)22-15(11-20)21-17/h12H,2-11H2,1H3. The first kappa shape index (κ1) is 17.6. The molecule has 2 aliphatic rings. The molecule has 1 saturated heterocycles. The maximum absolute atomic E-state index is 12.0. The molecule has 0 bridgehead atoms. The lowest BCUT2D eigenvalue weighted by molar-refractivity contribution is -0.148. The minimum absolute atomic E-state index is 0.0192. The van der Waals surface area contributed by atoms with Gasteiger partial charge in [0.05, 0.1) is 23.8 Å². The van der Waals surface area contributed by atoms with E-state index in [1.165, 1.54) is 12.0 Å². The number of alkyl halides is 1. The fourth-order valence-corrected chi connectivity index (χ4v) is 4.18. The number of fused-ring (bicyclic) bond motifs is 3. The van der Waals surface area contributed by atoms with E-state index in [4.69, 9.17) is 25.7 Å². The van der Waals surface area contributed by atoms with Crippen molar-refractivity contribution in [2.75, 3.05) is 24.6 Å². The quantitative estimate of drug-likeness (QED) is 0.598. The molecule has 2 aromatic rings. The molecule has 0 atom stereocenters. The van der Waals surface area contributed by atoms with E-state index in [0.29, 0.717) is 18.1 Å². The Kier molecular flexibility index (Phi) is 5.02. The summed E-state index contributed by atoms with van der Waals surface area (Å²) < 4.78 is 11.2. The summed E-state index contributed by atoms with van der Waals surface area (Å²) in [5, 5.41) is 1.04. The van der Waals surface area contributed by atoms with E-state index >= 15 is 0 Å². The number of aromatic nitrogens is 2. The Labute approximate surface area is 157 Å². The minimum Gasteiger partial charge on any atom is -0.466 e. The third-order valence-corrected chi connectivity index (χ3v) is 5.61. The van der Waals surface area contributed by atoms with E-state index < -0.39 is 0 Å². The first-order valence-electron chi connectivity index (χ1n) is 9.50. The van der Waals surface area contributed by atoms with Crippen LogP contribution in [0.15, 0.2) is 4.42 Å². The van der Waals surface area contributed by atoms with Gasteiger partial charge in [-0.25, -0.2) is 4.98 Å². The Morgan fingerprint density at radius 3 is 2.77 bits per heavy atom. The molecule has 0 saturated carbocycles. The molecule has 1 aliphatic heterocycles. The highest BCUT2D eigenvalue weighted by atomic mass is 35.5. The van der Waals surface area contributed by atoms with Gasteiger partial charge in [-0.2, -0.15) is 4.98 Å². The Balaban J connectivity index is 1.65. The van der Waals surface area contributed by atoms with Gasteiger partial charge in [0, 0.05) is 25.1 Å². The average molecular weight is 378 g/mol. The van der Waals surface area contributed by atoms with Crippen molar-refractivity contribution in [2.45, 2.75) is 51.3 Å². The zero-order chi connectivity index (χ0) is 18.1. The molecule has 7 heteroatoms. The van der Waals surface area contributed by atoms with Crippen LogP contribution >= 0.6 is 11.6 Å². The van der Waals surface area contributed by atoms with Gasteiger partial charge in [0.1, 0.15) is 17.4 Å². The summed E-state index contributed by atoms with van der Waals surface area (Å²) in [6.07, 6.45) is 5.86. The van der Waals surface area contributed by atoms with Gasteiger partial charge < -0.3 is 14.1 Å². The number of anilines is 1. The van der Waals surface area contributed by atoms with Crippen molar-refractivity contribution in [1.29, 1.82) is 0 Å². The molecule has 6 nitrogen and oxygen atoms in total. The van der Waals surface area contributed by atoms with E-state index in [9.17, 15) is 4.79 Å². The number of esters is 1. The van der Waals surface area contributed by atoms with Gasteiger partial charge in [0.25, 0.3) is 0 Å². The summed E-state index contributed by atoms with van der Waals surface area (Å²) in [6, 6.07) is 0. The molecule has 1 fully saturated rings. The Bertz CT molecular complexity index is 812. The zero-order valence-corrected chi connectivity index (χ0v) is 15.8. The second-order valence-electron chi connectivity index (χ2n) is 7.00.